The maximum absolute atomic E-state index is 12.3. The van der Waals surface area contributed by atoms with Gasteiger partial charge in [0.25, 0.3) is 5.91 Å². The summed E-state index contributed by atoms with van der Waals surface area (Å²) >= 11 is 0. The summed E-state index contributed by atoms with van der Waals surface area (Å²) in [7, 11) is 0. The van der Waals surface area contributed by atoms with Gasteiger partial charge in [0.05, 0.1) is 0 Å². The minimum Gasteiger partial charge on any atom is -0.366 e. The third-order valence-electron chi connectivity index (χ3n) is 3.42. The second kappa shape index (κ2) is 4.89. The number of nitrogens with zero attached hydrogens (tertiary/aromatic N) is 1. The van der Waals surface area contributed by atoms with Crippen molar-refractivity contribution in [1.82, 2.24) is 15.5 Å². The predicted molar refractivity (Wildman–Crippen MR) is 78.4 cm³/mol. The van der Waals surface area contributed by atoms with Crippen LogP contribution in [0.25, 0.3) is 0 Å². The monoisotopic (exact) mass is 267 g/mol. The second-order valence-corrected chi connectivity index (χ2v) is 5.09. The number of carbonyl (C=O) groups excluding carboxylic acids is 1. The Morgan fingerprint density at radius 2 is 2.00 bits per heavy atom. The van der Waals surface area contributed by atoms with Crippen molar-refractivity contribution in [2.24, 2.45) is 0 Å². The van der Waals surface area contributed by atoms with Gasteiger partial charge in [0.1, 0.15) is 12.0 Å². The van der Waals surface area contributed by atoms with Crippen LogP contribution in [0, 0.1) is 6.92 Å². The number of hydrogen-bond acceptors (Lipinski definition) is 3. The first-order valence-corrected chi connectivity index (χ1v) is 6.63. The number of hydrogen-bond donors (Lipinski definition) is 2. The van der Waals surface area contributed by atoms with Gasteiger partial charge in [-0.25, -0.2) is 0 Å². The lowest BCUT2D eigenvalue weighted by Gasteiger charge is -2.29. The predicted octanol–water partition coefficient (Wildman–Crippen LogP) is 2.23. The van der Waals surface area contributed by atoms with Crippen LogP contribution in [-0.2, 0) is 0 Å². The molecule has 0 spiro atoms. The summed E-state index contributed by atoms with van der Waals surface area (Å²) in [6.45, 7) is 4.03. The van der Waals surface area contributed by atoms with Crippen LogP contribution < -0.4 is 10.6 Å². The van der Waals surface area contributed by atoms with E-state index in [1.165, 1.54) is 0 Å². The van der Waals surface area contributed by atoms with Gasteiger partial charge in [0.2, 0.25) is 0 Å². The van der Waals surface area contributed by atoms with E-state index in [9.17, 15) is 4.79 Å². The van der Waals surface area contributed by atoms with Gasteiger partial charge in [-0.1, -0.05) is 17.7 Å². The Labute approximate surface area is 118 Å². The van der Waals surface area contributed by atoms with E-state index in [4.69, 9.17) is 0 Å². The zero-order chi connectivity index (χ0) is 14.1. The Bertz CT molecular complexity index is 626. The van der Waals surface area contributed by atoms with Gasteiger partial charge >= 0.3 is 0 Å². The van der Waals surface area contributed by atoms with Crippen molar-refractivity contribution in [2.45, 2.75) is 20.0 Å². The summed E-state index contributed by atoms with van der Waals surface area (Å²) in [5.74, 6) is 0.701. The van der Waals surface area contributed by atoms with Crippen LogP contribution in [0.5, 0.6) is 0 Å². The fourth-order valence-electron chi connectivity index (χ4n) is 2.33. The summed E-state index contributed by atoms with van der Waals surface area (Å²) in [6.07, 6.45) is 7.98. The molecule has 1 amide bonds. The number of fused-ring (bicyclic) bond motifs is 1. The van der Waals surface area contributed by atoms with Crippen LogP contribution in [0.3, 0.4) is 0 Å². The van der Waals surface area contributed by atoms with Crippen molar-refractivity contribution < 1.29 is 4.79 Å². The maximum Gasteiger partial charge on any atom is 0.256 e. The summed E-state index contributed by atoms with van der Waals surface area (Å²) < 4.78 is 0. The SMILES string of the molecule is CC1=CC2NC=CN2C(NC(=O)c2ccc(C)cc2)=C1. The summed E-state index contributed by atoms with van der Waals surface area (Å²) in [5, 5.41) is 6.19. The van der Waals surface area contributed by atoms with Crippen molar-refractivity contribution in [3.05, 3.63) is 71.3 Å². The van der Waals surface area contributed by atoms with E-state index in [0.717, 1.165) is 17.0 Å². The molecule has 1 unspecified atom stereocenters. The smallest absolute Gasteiger partial charge is 0.256 e. The second-order valence-electron chi connectivity index (χ2n) is 5.09. The molecule has 102 valence electrons. The molecule has 0 aromatic heterocycles. The number of aryl methyl sites for hydroxylation is 1. The summed E-state index contributed by atoms with van der Waals surface area (Å²) in [4.78, 5) is 14.3. The zero-order valence-electron chi connectivity index (χ0n) is 11.6. The van der Waals surface area contributed by atoms with Crippen molar-refractivity contribution in [3.8, 4) is 0 Å². The zero-order valence-corrected chi connectivity index (χ0v) is 11.6. The Hall–Kier alpha value is -2.49. The molecule has 0 bridgehead atoms. The van der Waals surface area contributed by atoms with Gasteiger partial charge < -0.3 is 15.5 Å². The highest BCUT2D eigenvalue weighted by molar-refractivity contribution is 5.95. The first-order chi connectivity index (χ1) is 9.63. The molecular formula is C16H17N3O. The van der Waals surface area contributed by atoms with Gasteiger partial charge in [0, 0.05) is 18.0 Å². The molecule has 0 saturated carbocycles. The van der Waals surface area contributed by atoms with Crippen molar-refractivity contribution >= 4 is 5.91 Å². The molecule has 3 rings (SSSR count). The van der Waals surface area contributed by atoms with Crippen molar-refractivity contribution in [2.75, 3.05) is 0 Å². The average molecular weight is 267 g/mol. The maximum atomic E-state index is 12.3. The lowest BCUT2D eigenvalue weighted by Crippen LogP contribution is -2.41. The summed E-state index contributed by atoms with van der Waals surface area (Å²) in [5.41, 5.74) is 2.93. The van der Waals surface area contributed by atoms with E-state index in [-0.39, 0.29) is 12.1 Å². The molecule has 2 aliphatic heterocycles. The standard InChI is InChI=1S/C16H17N3O/c1-11-3-5-13(6-4-11)16(20)18-15-10-12(2)9-14-17-7-8-19(14)15/h3-10,14,17H,1-2H3,(H,18,20). The van der Waals surface area contributed by atoms with Gasteiger partial charge in [-0.2, -0.15) is 0 Å². The molecule has 0 fully saturated rings. The highest BCUT2D eigenvalue weighted by Gasteiger charge is 2.24. The summed E-state index contributed by atoms with van der Waals surface area (Å²) in [6, 6.07) is 7.56. The number of rotatable bonds is 2. The average Bonchev–Trinajstić information content (AvgIpc) is 2.87. The molecule has 1 aromatic carbocycles. The third-order valence-corrected chi connectivity index (χ3v) is 3.42. The minimum absolute atomic E-state index is 0.0910. The lowest BCUT2D eigenvalue weighted by molar-refractivity contribution is 0.0953. The van der Waals surface area contributed by atoms with Crippen molar-refractivity contribution in [3.63, 3.8) is 0 Å². The minimum atomic E-state index is -0.0926. The Kier molecular flexibility index (Phi) is 3.06. The largest absolute Gasteiger partial charge is 0.366 e. The van der Waals surface area contributed by atoms with E-state index in [1.54, 1.807) is 0 Å². The highest BCUT2D eigenvalue weighted by Crippen LogP contribution is 2.21. The van der Waals surface area contributed by atoms with E-state index in [0.29, 0.717) is 5.56 Å². The molecule has 0 aliphatic carbocycles. The first-order valence-electron chi connectivity index (χ1n) is 6.63. The van der Waals surface area contributed by atoms with E-state index in [2.05, 4.69) is 16.7 Å². The Morgan fingerprint density at radius 1 is 1.25 bits per heavy atom. The van der Waals surface area contributed by atoms with E-state index < -0.39 is 0 Å². The molecule has 1 atom stereocenters. The molecule has 2 heterocycles. The molecule has 0 radical (unpaired) electrons. The number of allylic oxidation sites excluding steroid dienone is 2. The Balaban J connectivity index is 1.80. The quantitative estimate of drug-likeness (QED) is 0.863. The molecular weight excluding hydrogens is 250 g/mol. The van der Waals surface area contributed by atoms with Crippen LogP contribution >= 0.6 is 0 Å². The fraction of sp³-hybridized carbons (Fsp3) is 0.188. The van der Waals surface area contributed by atoms with Gasteiger partial charge in [-0.05, 0) is 43.7 Å². The van der Waals surface area contributed by atoms with Crippen LogP contribution in [0.15, 0.2) is 60.2 Å². The van der Waals surface area contributed by atoms with Gasteiger partial charge in [0.15, 0.2) is 0 Å². The lowest BCUT2D eigenvalue weighted by atomic mass is 10.1. The first kappa shape index (κ1) is 12.5. The molecule has 1 aromatic rings. The van der Waals surface area contributed by atoms with Crippen LogP contribution in [0.1, 0.15) is 22.8 Å². The normalized spacial score (nSPS) is 19.9. The molecule has 0 saturated heterocycles. The van der Waals surface area contributed by atoms with Gasteiger partial charge in [-0.3, -0.25) is 4.79 Å². The molecule has 4 nitrogen and oxygen atoms in total. The van der Waals surface area contributed by atoms with Crippen LogP contribution in [-0.4, -0.2) is 17.0 Å². The molecule has 2 aliphatic rings. The van der Waals surface area contributed by atoms with Crippen molar-refractivity contribution in [1.29, 1.82) is 0 Å². The third kappa shape index (κ3) is 2.32. The number of nitrogens with one attached hydrogen (secondary N) is 2. The van der Waals surface area contributed by atoms with Crippen LogP contribution in [0.4, 0.5) is 0 Å². The van der Waals surface area contributed by atoms with Gasteiger partial charge in [-0.15, -0.1) is 0 Å². The number of carbonyl (C=O) groups is 1. The highest BCUT2D eigenvalue weighted by atomic mass is 16.1. The molecule has 2 N–H and O–H groups in total. The molecule has 4 heteroatoms. The number of amides is 1. The van der Waals surface area contributed by atoms with Crippen LogP contribution in [0.2, 0.25) is 0 Å². The topological polar surface area (TPSA) is 44.4 Å². The van der Waals surface area contributed by atoms with E-state index >= 15 is 0 Å². The molecule has 20 heavy (non-hydrogen) atoms. The fourth-order valence-corrected chi connectivity index (χ4v) is 2.33. The van der Waals surface area contributed by atoms with E-state index in [1.807, 2.05) is 61.5 Å². The number of benzene rings is 1. The Morgan fingerprint density at radius 3 is 2.75 bits per heavy atom.